The van der Waals surface area contributed by atoms with Crippen molar-refractivity contribution < 1.29 is 4.74 Å². The number of hydrogen-bond acceptors (Lipinski definition) is 2. The number of likely N-dealkylation sites (N-methyl/N-ethyl adjacent to an activating group) is 1. The van der Waals surface area contributed by atoms with Gasteiger partial charge in [-0.1, -0.05) is 6.58 Å². The van der Waals surface area contributed by atoms with E-state index in [9.17, 15) is 0 Å². The monoisotopic (exact) mass is 137 g/mol. The molecule has 2 heteroatoms. The molecule has 0 aromatic rings. The summed E-state index contributed by atoms with van der Waals surface area (Å²) >= 11 is 0. The molecule has 0 amide bonds. The summed E-state index contributed by atoms with van der Waals surface area (Å²) < 4.78 is 5.23. The highest BCUT2D eigenvalue weighted by molar-refractivity contribution is 5.29. The molecule has 1 aliphatic heterocycles. The van der Waals surface area contributed by atoms with E-state index in [0.29, 0.717) is 5.88 Å². The van der Waals surface area contributed by atoms with Crippen LogP contribution in [0.25, 0.3) is 0 Å². The molecule has 0 bridgehead atoms. The lowest BCUT2D eigenvalue weighted by atomic mass is 10.4. The molecule has 0 aromatic carbocycles. The molecule has 0 unspecified atom stereocenters. The second kappa shape index (κ2) is 2.21. The van der Waals surface area contributed by atoms with Gasteiger partial charge in [-0.25, -0.2) is 0 Å². The summed E-state index contributed by atoms with van der Waals surface area (Å²) in [6.45, 7) is 9.41. The molecule has 2 nitrogen and oxygen atoms in total. The maximum Gasteiger partial charge on any atom is 0.193 e. The molecule has 54 valence electrons. The fourth-order valence-electron chi connectivity index (χ4n) is 0.796. The maximum atomic E-state index is 5.23. The van der Waals surface area contributed by atoms with Crippen molar-refractivity contribution in [3.63, 3.8) is 0 Å². The average molecular weight is 137 g/mol. The number of allylic oxidation sites excluding steroid dienone is 1. The molecule has 0 N–H and O–H groups in total. The van der Waals surface area contributed by atoms with Crippen molar-refractivity contribution in [1.29, 1.82) is 0 Å². The third-order valence-electron chi connectivity index (χ3n) is 1.55. The first-order chi connectivity index (χ1) is 4.66. The van der Waals surface area contributed by atoms with Crippen molar-refractivity contribution >= 4 is 0 Å². The normalized spacial score (nSPS) is 22.2. The van der Waals surface area contributed by atoms with Crippen LogP contribution in [0.5, 0.6) is 0 Å². The summed E-state index contributed by atoms with van der Waals surface area (Å²) in [7, 11) is 1.88. The first kappa shape index (κ1) is 6.93. The summed E-state index contributed by atoms with van der Waals surface area (Å²) in [5.74, 6) is 1.44. The third kappa shape index (κ3) is 0.817. The van der Waals surface area contributed by atoms with Crippen molar-refractivity contribution in [2.75, 3.05) is 7.05 Å². The minimum Gasteiger partial charge on any atom is -0.440 e. The smallest absolute Gasteiger partial charge is 0.193 e. The largest absolute Gasteiger partial charge is 0.440 e. The zero-order valence-corrected chi connectivity index (χ0v) is 6.35. The number of nitrogens with zero attached hydrogens (tertiary/aromatic N) is 1. The topological polar surface area (TPSA) is 12.5 Å². The average Bonchev–Trinajstić information content (AvgIpc) is 2.17. The summed E-state index contributed by atoms with van der Waals surface area (Å²) in [4.78, 5) is 1.81. The summed E-state index contributed by atoms with van der Waals surface area (Å²) in [5.41, 5.74) is 0.868. The van der Waals surface area contributed by atoms with Crippen molar-refractivity contribution in [2.24, 2.45) is 0 Å². The second-order valence-electron chi connectivity index (χ2n) is 2.15. The molecular weight excluding hydrogens is 126 g/mol. The Balaban J connectivity index is 2.92. The van der Waals surface area contributed by atoms with E-state index in [1.54, 1.807) is 0 Å². The van der Waals surface area contributed by atoms with Gasteiger partial charge in [0.1, 0.15) is 5.76 Å². The standard InChI is InChI=1S/C8H11NO/c1-5-8-6(2)9(4)7(3)10-8/h5H,2-3H2,1,4H3/b8-5-. The molecule has 0 aromatic heterocycles. The van der Waals surface area contributed by atoms with Crippen molar-refractivity contribution in [3.8, 4) is 0 Å². The first-order valence-electron chi connectivity index (χ1n) is 3.13. The van der Waals surface area contributed by atoms with Crippen LogP contribution in [0.2, 0.25) is 0 Å². The predicted molar refractivity (Wildman–Crippen MR) is 40.9 cm³/mol. The quantitative estimate of drug-likeness (QED) is 0.505. The van der Waals surface area contributed by atoms with Crippen LogP contribution in [0, 0.1) is 0 Å². The molecule has 1 heterocycles. The summed E-state index contributed by atoms with van der Waals surface area (Å²) in [6.07, 6.45) is 1.87. The van der Waals surface area contributed by atoms with E-state index in [1.165, 1.54) is 0 Å². The highest BCUT2D eigenvalue weighted by atomic mass is 16.5. The first-order valence-corrected chi connectivity index (χ1v) is 3.13. The van der Waals surface area contributed by atoms with Crippen LogP contribution < -0.4 is 0 Å². The SMILES string of the molecule is C=C1O/C(=C\C)C(=C)N1C. The molecule has 0 spiro atoms. The molecule has 0 atom stereocenters. The van der Waals surface area contributed by atoms with E-state index in [2.05, 4.69) is 13.2 Å². The van der Waals surface area contributed by atoms with Crippen molar-refractivity contribution in [1.82, 2.24) is 4.90 Å². The van der Waals surface area contributed by atoms with Gasteiger partial charge in [0.25, 0.3) is 0 Å². The highest BCUT2D eigenvalue weighted by Crippen LogP contribution is 2.27. The van der Waals surface area contributed by atoms with Crippen LogP contribution in [-0.2, 0) is 4.74 Å². The van der Waals surface area contributed by atoms with E-state index in [1.807, 2.05) is 24.9 Å². The zero-order valence-electron chi connectivity index (χ0n) is 6.35. The Morgan fingerprint density at radius 2 is 2.10 bits per heavy atom. The third-order valence-corrected chi connectivity index (χ3v) is 1.55. The van der Waals surface area contributed by atoms with Gasteiger partial charge < -0.3 is 9.64 Å². The zero-order chi connectivity index (χ0) is 7.72. The van der Waals surface area contributed by atoms with Gasteiger partial charge in [0.05, 0.1) is 5.70 Å². The molecule has 1 fully saturated rings. The molecular formula is C8H11NO. The summed E-state index contributed by atoms with van der Waals surface area (Å²) in [5, 5.41) is 0. The van der Waals surface area contributed by atoms with Crippen molar-refractivity contribution in [2.45, 2.75) is 6.92 Å². The minimum absolute atomic E-state index is 0.637. The van der Waals surface area contributed by atoms with Gasteiger partial charge in [-0.3, -0.25) is 0 Å². The lowest BCUT2D eigenvalue weighted by molar-refractivity contribution is 0.295. The Morgan fingerprint density at radius 3 is 2.30 bits per heavy atom. The van der Waals surface area contributed by atoms with Gasteiger partial charge in [-0.05, 0) is 19.6 Å². The Kier molecular flexibility index (Phi) is 1.53. The molecule has 1 saturated heterocycles. The maximum absolute atomic E-state index is 5.23. The number of hydrogen-bond donors (Lipinski definition) is 0. The molecule has 10 heavy (non-hydrogen) atoms. The Hall–Kier alpha value is -1.18. The fourth-order valence-corrected chi connectivity index (χ4v) is 0.796. The van der Waals surface area contributed by atoms with E-state index >= 15 is 0 Å². The van der Waals surface area contributed by atoms with Crippen LogP contribution in [0.15, 0.2) is 36.6 Å². The molecule has 0 radical (unpaired) electrons. The fraction of sp³-hybridized carbons (Fsp3) is 0.250. The number of ether oxygens (including phenoxy) is 1. The van der Waals surface area contributed by atoms with Gasteiger partial charge in [0.15, 0.2) is 5.88 Å². The van der Waals surface area contributed by atoms with Crippen LogP contribution in [0.3, 0.4) is 0 Å². The highest BCUT2D eigenvalue weighted by Gasteiger charge is 2.21. The lowest BCUT2D eigenvalue weighted by Gasteiger charge is -2.06. The van der Waals surface area contributed by atoms with E-state index in [-0.39, 0.29) is 0 Å². The van der Waals surface area contributed by atoms with E-state index in [4.69, 9.17) is 4.74 Å². The van der Waals surface area contributed by atoms with E-state index in [0.717, 1.165) is 11.5 Å². The van der Waals surface area contributed by atoms with Crippen LogP contribution in [0.4, 0.5) is 0 Å². The Morgan fingerprint density at radius 1 is 1.50 bits per heavy atom. The molecule has 1 aliphatic rings. The van der Waals surface area contributed by atoms with Gasteiger partial charge in [-0.2, -0.15) is 0 Å². The van der Waals surface area contributed by atoms with E-state index < -0.39 is 0 Å². The lowest BCUT2D eigenvalue weighted by Crippen LogP contribution is -2.06. The second-order valence-corrected chi connectivity index (χ2v) is 2.15. The molecule has 1 rings (SSSR count). The van der Waals surface area contributed by atoms with Gasteiger partial charge in [0.2, 0.25) is 0 Å². The van der Waals surface area contributed by atoms with Crippen molar-refractivity contribution in [3.05, 3.63) is 36.6 Å². The minimum atomic E-state index is 0.637. The van der Waals surface area contributed by atoms with Gasteiger partial charge in [0, 0.05) is 7.05 Å². The summed E-state index contributed by atoms with van der Waals surface area (Å²) in [6, 6.07) is 0. The van der Waals surface area contributed by atoms with Gasteiger partial charge >= 0.3 is 0 Å². The van der Waals surface area contributed by atoms with Gasteiger partial charge in [-0.15, -0.1) is 0 Å². The predicted octanol–water partition coefficient (Wildman–Crippen LogP) is 1.84. The Bertz CT molecular complexity index is 215. The van der Waals surface area contributed by atoms with Crippen LogP contribution >= 0.6 is 0 Å². The molecule has 0 aliphatic carbocycles. The Labute approximate surface area is 61.1 Å². The molecule has 0 saturated carbocycles. The van der Waals surface area contributed by atoms with Crippen LogP contribution in [0.1, 0.15) is 6.92 Å². The number of rotatable bonds is 0. The van der Waals surface area contributed by atoms with Crippen LogP contribution in [-0.4, -0.2) is 11.9 Å².